The topological polar surface area (TPSA) is 99.4 Å². The second-order valence-corrected chi connectivity index (χ2v) is 8.56. The smallest absolute Gasteiger partial charge is 0.223 e. The van der Waals surface area contributed by atoms with Gasteiger partial charge >= 0.3 is 0 Å². The van der Waals surface area contributed by atoms with Crippen LogP contribution in [0.1, 0.15) is 29.1 Å². The molecule has 8 nitrogen and oxygen atoms in total. The number of aromatic amines is 1. The number of rotatable bonds is 5. The number of benzene rings is 1. The number of aliphatic hydroxyl groups is 1. The lowest BCUT2D eigenvalue weighted by Gasteiger charge is -2.15. The summed E-state index contributed by atoms with van der Waals surface area (Å²) in [6.07, 6.45) is 8.29. The molecule has 8 heteroatoms. The highest BCUT2D eigenvalue weighted by atomic mass is 16.3. The van der Waals surface area contributed by atoms with Gasteiger partial charge in [0.1, 0.15) is 5.82 Å². The second-order valence-electron chi connectivity index (χ2n) is 8.56. The number of amides is 1. The summed E-state index contributed by atoms with van der Waals surface area (Å²) in [5.74, 6) is 0.855. The summed E-state index contributed by atoms with van der Waals surface area (Å²) in [6, 6.07) is 4.19. The molecule has 0 radical (unpaired) electrons. The number of imidazole rings is 2. The lowest BCUT2D eigenvalue weighted by Crippen LogP contribution is -2.29. The molecule has 1 aliphatic rings. The van der Waals surface area contributed by atoms with E-state index in [9.17, 15) is 9.90 Å². The number of aliphatic hydroxyl groups excluding tert-OH is 1. The third-order valence-electron chi connectivity index (χ3n) is 6.11. The molecular weight excluding hydrogens is 392 g/mol. The van der Waals surface area contributed by atoms with Crippen molar-refractivity contribution in [3.05, 3.63) is 59.6 Å². The van der Waals surface area contributed by atoms with E-state index in [1.165, 1.54) is 5.56 Å². The summed E-state index contributed by atoms with van der Waals surface area (Å²) in [6.45, 7) is 5.03. The van der Waals surface area contributed by atoms with Gasteiger partial charge in [-0.15, -0.1) is 0 Å². The molecule has 0 spiro atoms. The Kier molecular flexibility index (Phi) is 4.94. The minimum atomic E-state index is -0.541. The molecule has 0 bridgehead atoms. The van der Waals surface area contributed by atoms with Crippen LogP contribution < -0.4 is 0 Å². The number of hydrogen-bond donors (Lipinski definition) is 2. The number of likely N-dealkylation sites (tertiary alicyclic amines) is 1. The first-order valence-corrected chi connectivity index (χ1v) is 10.7. The molecule has 0 aliphatic carbocycles. The first kappa shape index (κ1) is 19.7. The molecule has 0 saturated carbocycles. The SMILES string of the molecule is Cc1cc(C)c2nc(CCC(=O)N3C[C@H](Cc4cn5ccnc5cn4)[C@H](O)C3)[nH]c2c1. The van der Waals surface area contributed by atoms with E-state index in [0.29, 0.717) is 32.4 Å². The van der Waals surface area contributed by atoms with E-state index in [4.69, 9.17) is 0 Å². The maximum absolute atomic E-state index is 12.8. The number of β-amino-alcohol motifs (C(OH)–C–C–N with tert-alkyl or cyclic N) is 1. The van der Waals surface area contributed by atoms with Crippen molar-refractivity contribution in [1.82, 2.24) is 29.2 Å². The Morgan fingerprint density at radius 3 is 3.00 bits per heavy atom. The van der Waals surface area contributed by atoms with E-state index in [1.807, 2.05) is 16.8 Å². The fraction of sp³-hybridized carbons (Fsp3) is 0.391. The molecule has 160 valence electrons. The average Bonchev–Trinajstić information content (AvgIpc) is 3.44. The van der Waals surface area contributed by atoms with Crippen LogP contribution in [0.4, 0.5) is 0 Å². The van der Waals surface area contributed by atoms with Gasteiger partial charge < -0.3 is 19.4 Å². The van der Waals surface area contributed by atoms with Crippen molar-refractivity contribution in [2.45, 2.75) is 39.2 Å². The van der Waals surface area contributed by atoms with Gasteiger partial charge in [-0.1, -0.05) is 6.07 Å². The van der Waals surface area contributed by atoms with Crippen molar-refractivity contribution in [2.24, 2.45) is 5.92 Å². The Hall–Kier alpha value is -3.26. The number of nitrogens with zero attached hydrogens (tertiary/aromatic N) is 5. The Morgan fingerprint density at radius 2 is 2.13 bits per heavy atom. The first-order chi connectivity index (χ1) is 15.0. The number of carbonyl (C=O) groups excluding carboxylic acids is 1. The largest absolute Gasteiger partial charge is 0.391 e. The normalized spacial score (nSPS) is 19.0. The molecular formula is C23H26N6O2. The standard InChI is InChI=1S/C23H26N6O2/c1-14-7-15(2)23-18(8-14)26-20(27-23)3-4-22(31)29-11-16(19(30)13-29)9-17-12-28-6-5-24-21(28)10-25-17/h5-8,10,12,16,19,30H,3-4,9,11,13H2,1-2H3,(H,26,27)/t16-,19+/m0/s1. The van der Waals surface area contributed by atoms with Crippen LogP contribution in [0.3, 0.4) is 0 Å². The van der Waals surface area contributed by atoms with Crippen LogP contribution in [-0.2, 0) is 17.6 Å². The van der Waals surface area contributed by atoms with Crippen LogP contribution >= 0.6 is 0 Å². The molecule has 4 aromatic rings. The molecule has 5 rings (SSSR count). The maximum atomic E-state index is 12.8. The minimum absolute atomic E-state index is 0.0192. The van der Waals surface area contributed by atoms with E-state index in [0.717, 1.165) is 33.8 Å². The van der Waals surface area contributed by atoms with Crippen LogP contribution in [0.25, 0.3) is 16.7 Å². The number of aryl methyl sites for hydroxylation is 3. The lowest BCUT2D eigenvalue weighted by atomic mass is 10.0. The zero-order chi connectivity index (χ0) is 21.5. The van der Waals surface area contributed by atoms with Gasteiger partial charge in [-0.2, -0.15) is 0 Å². The number of nitrogens with one attached hydrogen (secondary N) is 1. The fourth-order valence-corrected chi connectivity index (χ4v) is 4.52. The first-order valence-electron chi connectivity index (χ1n) is 10.7. The summed E-state index contributed by atoms with van der Waals surface area (Å²) in [4.78, 5) is 31.2. The van der Waals surface area contributed by atoms with Gasteiger partial charge in [-0.3, -0.25) is 9.78 Å². The molecule has 1 fully saturated rings. The van der Waals surface area contributed by atoms with Crippen LogP contribution in [0, 0.1) is 19.8 Å². The monoisotopic (exact) mass is 418 g/mol. The number of H-pyrrole nitrogens is 1. The van der Waals surface area contributed by atoms with E-state index >= 15 is 0 Å². The maximum Gasteiger partial charge on any atom is 0.223 e. The van der Waals surface area contributed by atoms with Crippen molar-refractivity contribution in [2.75, 3.05) is 13.1 Å². The Bertz CT molecular complexity index is 1260. The molecule has 2 N–H and O–H groups in total. The van der Waals surface area contributed by atoms with E-state index in [-0.39, 0.29) is 11.8 Å². The summed E-state index contributed by atoms with van der Waals surface area (Å²) < 4.78 is 1.92. The molecule has 1 saturated heterocycles. The number of hydrogen-bond acceptors (Lipinski definition) is 5. The van der Waals surface area contributed by atoms with E-state index < -0.39 is 6.10 Å². The van der Waals surface area contributed by atoms with Crippen molar-refractivity contribution in [1.29, 1.82) is 0 Å². The van der Waals surface area contributed by atoms with Crippen molar-refractivity contribution < 1.29 is 9.90 Å². The van der Waals surface area contributed by atoms with Crippen molar-refractivity contribution in [3.63, 3.8) is 0 Å². The Morgan fingerprint density at radius 1 is 1.26 bits per heavy atom. The molecule has 3 aromatic heterocycles. The lowest BCUT2D eigenvalue weighted by molar-refractivity contribution is -0.130. The third-order valence-corrected chi connectivity index (χ3v) is 6.11. The summed E-state index contributed by atoms with van der Waals surface area (Å²) in [5, 5.41) is 10.5. The molecule has 0 unspecified atom stereocenters. The van der Waals surface area contributed by atoms with E-state index in [1.54, 1.807) is 17.3 Å². The number of carbonyl (C=O) groups is 1. The number of aromatic nitrogens is 5. The quantitative estimate of drug-likeness (QED) is 0.518. The summed E-state index contributed by atoms with van der Waals surface area (Å²) in [7, 11) is 0. The minimum Gasteiger partial charge on any atom is -0.391 e. The second kappa shape index (κ2) is 7.77. The Balaban J connectivity index is 1.20. The van der Waals surface area contributed by atoms with Gasteiger partial charge in [0.05, 0.1) is 29.0 Å². The van der Waals surface area contributed by atoms with Crippen LogP contribution in [-0.4, -0.2) is 59.4 Å². The van der Waals surface area contributed by atoms with Crippen LogP contribution in [0.5, 0.6) is 0 Å². The van der Waals surface area contributed by atoms with Gasteiger partial charge in [0.15, 0.2) is 5.65 Å². The van der Waals surface area contributed by atoms with Gasteiger partial charge in [0.2, 0.25) is 5.91 Å². The van der Waals surface area contributed by atoms with Crippen molar-refractivity contribution >= 4 is 22.6 Å². The van der Waals surface area contributed by atoms with E-state index in [2.05, 4.69) is 45.9 Å². The van der Waals surface area contributed by atoms with Gasteiger partial charge in [0, 0.05) is 50.4 Å². The highest BCUT2D eigenvalue weighted by Gasteiger charge is 2.34. The molecule has 31 heavy (non-hydrogen) atoms. The molecule has 1 aliphatic heterocycles. The van der Waals surface area contributed by atoms with Crippen LogP contribution in [0.2, 0.25) is 0 Å². The van der Waals surface area contributed by atoms with Gasteiger partial charge in [-0.25, -0.2) is 9.97 Å². The Labute approximate surface area is 180 Å². The fourth-order valence-electron chi connectivity index (χ4n) is 4.52. The molecule has 4 heterocycles. The molecule has 1 amide bonds. The number of fused-ring (bicyclic) bond motifs is 2. The molecule has 1 aromatic carbocycles. The van der Waals surface area contributed by atoms with Crippen LogP contribution in [0.15, 0.2) is 36.9 Å². The molecule has 2 atom stereocenters. The van der Waals surface area contributed by atoms with Gasteiger partial charge in [0.25, 0.3) is 0 Å². The highest BCUT2D eigenvalue weighted by Crippen LogP contribution is 2.23. The highest BCUT2D eigenvalue weighted by molar-refractivity contribution is 5.80. The average molecular weight is 419 g/mol. The predicted octanol–water partition coefficient (Wildman–Crippen LogP) is 2.22. The predicted molar refractivity (Wildman–Crippen MR) is 117 cm³/mol. The zero-order valence-corrected chi connectivity index (χ0v) is 17.7. The third kappa shape index (κ3) is 3.90. The zero-order valence-electron chi connectivity index (χ0n) is 17.7. The summed E-state index contributed by atoms with van der Waals surface area (Å²) in [5.41, 5.74) is 5.98. The van der Waals surface area contributed by atoms with Crippen molar-refractivity contribution in [3.8, 4) is 0 Å². The summed E-state index contributed by atoms with van der Waals surface area (Å²) >= 11 is 0. The van der Waals surface area contributed by atoms with Gasteiger partial charge in [-0.05, 0) is 37.5 Å².